The minimum absolute atomic E-state index is 0.00304. The van der Waals surface area contributed by atoms with E-state index in [-0.39, 0.29) is 23.7 Å². The Balaban J connectivity index is 1.28. The molecule has 0 aromatic heterocycles. The van der Waals surface area contributed by atoms with Crippen LogP contribution in [0.1, 0.15) is 119 Å². The molecule has 0 unspecified atom stereocenters. The van der Waals surface area contributed by atoms with Gasteiger partial charge in [0.25, 0.3) is 0 Å². The predicted octanol–water partition coefficient (Wildman–Crippen LogP) is 9.78. The van der Waals surface area contributed by atoms with Crippen LogP contribution in [0.4, 0.5) is 17.6 Å². The Morgan fingerprint density at radius 1 is 0.667 bits per heavy atom. The number of rotatable bonds is 12. The molecule has 2 aromatic carbocycles. The van der Waals surface area contributed by atoms with E-state index in [9.17, 15) is 8.78 Å². The fraction of sp³-hybridized carbons (Fsp3) is 0.636. The van der Waals surface area contributed by atoms with Crippen molar-refractivity contribution in [1.82, 2.24) is 0 Å². The molecule has 2 nitrogen and oxygen atoms in total. The molecule has 0 radical (unpaired) electrons. The second kappa shape index (κ2) is 14.5. The van der Waals surface area contributed by atoms with Crippen molar-refractivity contribution in [2.24, 2.45) is 5.92 Å². The van der Waals surface area contributed by atoms with Crippen molar-refractivity contribution in [3.05, 3.63) is 64.2 Å². The number of hydrogen-bond acceptors (Lipinski definition) is 2. The highest BCUT2D eigenvalue weighted by atomic mass is 19.2. The lowest BCUT2D eigenvalue weighted by Gasteiger charge is -2.31. The van der Waals surface area contributed by atoms with Gasteiger partial charge in [-0.2, -0.15) is 4.39 Å². The van der Waals surface area contributed by atoms with Crippen molar-refractivity contribution >= 4 is 0 Å². The minimum Gasteiger partial charge on any atom is -0.490 e. The van der Waals surface area contributed by atoms with Crippen molar-refractivity contribution in [1.29, 1.82) is 0 Å². The number of aryl methyl sites for hydroxylation is 1. The van der Waals surface area contributed by atoms with Crippen LogP contribution >= 0.6 is 0 Å². The van der Waals surface area contributed by atoms with Crippen molar-refractivity contribution in [2.45, 2.75) is 115 Å². The summed E-state index contributed by atoms with van der Waals surface area (Å²) in [5, 5.41) is 0. The van der Waals surface area contributed by atoms with Crippen LogP contribution in [0.2, 0.25) is 0 Å². The Kier molecular flexibility index (Phi) is 11.1. The third-order valence-electron chi connectivity index (χ3n) is 8.80. The molecule has 39 heavy (non-hydrogen) atoms. The summed E-state index contributed by atoms with van der Waals surface area (Å²) in [6.45, 7) is 5.23. The molecule has 0 N–H and O–H groups in total. The Hall–Kier alpha value is -2.08. The quantitative estimate of drug-likeness (QED) is 0.194. The molecular formula is C33H44F4O2. The highest BCUT2D eigenvalue weighted by Gasteiger charge is 2.30. The molecule has 6 heteroatoms. The lowest BCUT2D eigenvalue weighted by Crippen LogP contribution is -2.22. The third-order valence-corrected chi connectivity index (χ3v) is 8.80. The van der Waals surface area contributed by atoms with Crippen LogP contribution in [0, 0.1) is 29.2 Å². The van der Waals surface area contributed by atoms with Crippen molar-refractivity contribution < 1.29 is 27.0 Å². The van der Waals surface area contributed by atoms with Crippen LogP contribution in [0.3, 0.4) is 0 Å². The van der Waals surface area contributed by atoms with Crippen molar-refractivity contribution in [3.8, 4) is 5.75 Å². The van der Waals surface area contributed by atoms with Gasteiger partial charge in [0.05, 0.1) is 12.7 Å². The van der Waals surface area contributed by atoms with E-state index in [2.05, 4.69) is 6.92 Å². The molecule has 216 valence electrons. The van der Waals surface area contributed by atoms with E-state index in [1.165, 1.54) is 6.07 Å². The first kappa shape index (κ1) is 29.9. The summed E-state index contributed by atoms with van der Waals surface area (Å²) < 4.78 is 70.6. The van der Waals surface area contributed by atoms with Gasteiger partial charge in [0, 0.05) is 6.61 Å². The number of hydrogen-bond donors (Lipinski definition) is 0. The van der Waals surface area contributed by atoms with Gasteiger partial charge in [-0.25, -0.2) is 13.2 Å². The fourth-order valence-corrected chi connectivity index (χ4v) is 6.36. The van der Waals surface area contributed by atoms with E-state index in [0.717, 1.165) is 83.7 Å². The van der Waals surface area contributed by atoms with Crippen LogP contribution in [0.15, 0.2) is 24.3 Å². The predicted molar refractivity (Wildman–Crippen MR) is 147 cm³/mol. The Labute approximate surface area is 231 Å². The molecule has 4 rings (SSSR count). The SMILES string of the molecule is CCCCOc1ccc(CCC2CCC(c3ccc(C4CCC(OCCC)CC4)c(F)c3F)CC2)c(F)c1F. The number of unbranched alkanes of at least 4 members (excludes halogenated alkanes) is 1. The summed E-state index contributed by atoms with van der Waals surface area (Å²) in [7, 11) is 0. The van der Waals surface area contributed by atoms with Gasteiger partial charge in [0.2, 0.25) is 5.82 Å². The second-order valence-electron chi connectivity index (χ2n) is 11.5. The van der Waals surface area contributed by atoms with E-state index in [0.29, 0.717) is 35.6 Å². The molecule has 0 bridgehead atoms. The van der Waals surface area contributed by atoms with Gasteiger partial charge in [-0.05, 0) is 118 Å². The summed E-state index contributed by atoms with van der Waals surface area (Å²) in [5.74, 6) is -2.71. The molecular weight excluding hydrogens is 504 g/mol. The fourth-order valence-electron chi connectivity index (χ4n) is 6.36. The maximum Gasteiger partial charge on any atom is 0.200 e. The maximum absolute atomic E-state index is 15.2. The van der Waals surface area contributed by atoms with Crippen molar-refractivity contribution in [2.75, 3.05) is 13.2 Å². The maximum atomic E-state index is 15.2. The van der Waals surface area contributed by atoms with Gasteiger partial charge in [-0.3, -0.25) is 0 Å². The zero-order valence-corrected chi connectivity index (χ0v) is 23.6. The lowest BCUT2D eigenvalue weighted by molar-refractivity contribution is 0.0248. The average Bonchev–Trinajstić information content (AvgIpc) is 2.96. The number of ether oxygens (including phenoxy) is 2. The number of halogens is 4. The van der Waals surface area contributed by atoms with Gasteiger partial charge < -0.3 is 9.47 Å². The summed E-state index contributed by atoms with van der Waals surface area (Å²) in [4.78, 5) is 0. The molecule has 0 saturated heterocycles. The molecule has 2 fully saturated rings. The molecule has 0 atom stereocenters. The van der Waals surface area contributed by atoms with E-state index in [1.807, 2.05) is 13.0 Å². The molecule has 0 spiro atoms. The summed E-state index contributed by atoms with van der Waals surface area (Å²) in [5.41, 5.74) is 1.36. The normalized spacial score (nSPS) is 23.6. The van der Waals surface area contributed by atoms with E-state index in [4.69, 9.17) is 9.47 Å². The first-order chi connectivity index (χ1) is 18.9. The Morgan fingerprint density at radius 2 is 1.28 bits per heavy atom. The van der Waals surface area contributed by atoms with Gasteiger partial charge in [-0.1, -0.05) is 38.5 Å². The van der Waals surface area contributed by atoms with Crippen LogP contribution in [-0.4, -0.2) is 19.3 Å². The number of benzene rings is 2. The topological polar surface area (TPSA) is 18.5 Å². The summed E-state index contributed by atoms with van der Waals surface area (Å²) in [6, 6.07) is 6.76. The second-order valence-corrected chi connectivity index (χ2v) is 11.5. The van der Waals surface area contributed by atoms with Gasteiger partial charge in [0.1, 0.15) is 0 Å². The van der Waals surface area contributed by atoms with Gasteiger partial charge in [-0.15, -0.1) is 0 Å². The standard InChI is InChI=1S/C33H44F4O2/c1-3-5-21-39-29-19-14-25(30(34)33(29)37)11-8-22-6-9-23(10-7-22)27-17-18-28(32(36)31(27)35)24-12-15-26(16-13-24)38-20-4-2/h14,17-19,22-24,26H,3-13,15-16,20-21H2,1-2H3. The molecule has 2 aliphatic rings. The monoisotopic (exact) mass is 548 g/mol. The van der Waals surface area contributed by atoms with E-state index in [1.54, 1.807) is 12.1 Å². The Bertz CT molecular complexity index is 1060. The minimum atomic E-state index is -0.911. The van der Waals surface area contributed by atoms with Crippen LogP contribution in [0.25, 0.3) is 0 Å². The molecule has 0 heterocycles. The first-order valence-corrected chi connectivity index (χ1v) is 15.1. The highest BCUT2D eigenvalue weighted by molar-refractivity contribution is 5.33. The Morgan fingerprint density at radius 3 is 1.87 bits per heavy atom. The smallest absolute Gasteiger partial charge is 0.200 e. The molecule has 0 aliphatic heterocycles. The zero-order valence-electron chi connectivity index (χ0n) is 23.6. The first-order valence-electron chi connectivity index (χ1n) is 15.1. The lowest BCUT2D eigenvalue weighted by atomic mass is 9.76. The highest BCUT2D eigenvalue weighted by Crippen LogP contribution is 2.42. The third kappa shape index (κ3) is 7.56. The van der Waals surface area contributed by atoms with Crippen LogP contribution in [0.5, 0.6) is 5.75 Å². The molecule has 2 aromatic rings. The van der Waals surface area contributed by atoms with Gasteiger partial charge >= 0.3 is 0 Å². The molecule has 0 amide bonds. The van der Waals surface area contributed by atoms with Crippen LogP contribution in [-0.2, 0) is 11.2 Å². The average molecular weight is 549 g/mol. The van der Waals surface area contributed by atoms with Gasteiger partial charge in [0.15, 0.2) is 23.2 Å². The van der Waals surface area contributed by atoms with Crippen molar-refractivity contribution in [3.63, 3.8) is 0 Å². The summed E-state index contributed by atoms with van der Waals surface area (Å²) >= 11 is 0. The molecule has 2 saturated carbocycles. The largest absolute Gasteiger partial charge is 0.490 e. The van der Waals surface area contributed by atoms with Crippen LogP contribution < -0.4 is 4.74 Å². The zero-order chi connectivity index (χ0) is 27.8. The summed E-state index contributed by atoms with van der Waals surface area (Å²) in [6.07, 6.45) is 10.9. The van der Waals surface area contributed by atoms with E-state index >= 15 is 8.78 Å². The molecule has 2 aliphatic carbocycles. The van der Waals surface area contributed by atoms with E-state index < -0.39 is 23.3 Å².